The number of hydrogen-bond donors (Lipinski definition) is 4. The van der Waals surface area contributed by atoms with Gasteiger partial charge in [-0.1, -0.05) is 42.5 Å². The molecule has 0 aromatic heterocycles. The number of hydrogen-bond acceptors (Lipinski definition) is 7. The molecule has 8 nitrogen and oxygen atoms in total. The number of aromatic hydroxyl groups is 1. The molecule has 0 spiro atoms. The van der Waals surface area contributed by atoms with E-state index in [1.807, 2.05) is 12.1 Å². The molecular formula is C25H30N2O6S. The Bertz CT molecular complexity index is 1200. The summed E-state index contributed by atoms with van der Waals surface area (Å²) in [5, 5.41) is 27.9. The van der Waals surface area contributed by atoms with Crippen molar-refractivity contribution < 1.29 is 28.1 Å². The Labute approximate surface area is 199 Å². The van der Waals surface area contributed by atoms with Crippen LogP contribution in [0, 0.1) is 0 Å². The molecule has 3 rings (SSSR count). The highest BCUT2D eigenvalue weighted by molar-refractivity contribution is 7.90. The van der Waals surface area contributed by atoms with E-state index in [1.54, 1.807) is 55.6 Å². The molecule has 0 aliphatic heterocycles. The third-order valence-corrected chi connectivity index (χ3v) is 7.87. The van der Waals surface area contributed by atoms with E-state index in [0.29, 0.717) is 17.1 Å². The van der Waals surface area contributed by atoms with Gasteiger partial charge in [0.2, 0.25) is 10.0 Å². The lowest BCUT2D eigenvalue weighted by Crippen LogP contribution is -2.56. The van der Waals surface area contributed by atoms with Crippen molar-refractivity contribution in [3.05, 3.63) is 89.5 Å². The van der Waals surface area contributed by atoms with E-state index in [-0.39, 0.29) is 17.7 Å². The van der Waals surface area contributed by atoms with Crippen LogP contribution in [0.15, 0.2) is 72.8 Å². The fourth-order valence-electron chi connectivity index (χ4n) is 4.47. The third kappa shape index (κ3) is 4.74. The summed E-state index contributed by atoms with van der Waals surface area (Å²) in [6.07, 6.45) is -1.46. The highest BCUT2D eigenvalue weighted by Crippen LogP contribution is 2.49. The first-order chi connectivity index (χ1) is 16.2. The first kappa shape index (κ1) is 25.5. The van der Waals surface area contributed by atoms with Crippen molar-refractivity contribution in [3.8, 4) is 17.2 Å². The number of aliphatic hydroxyl groups excluding tert-OH is 1. The van der Waals surface area contributed by atoms with Gasteiger partial charge in [0.1, 0.15) is 22.0 Å². The topological polar surface area (TPSA) is 145 Å². The SMILES string of the molecule is COc1ccc(CC(c2ccc(OC)cc2)C(c2ccccc2O)(C(O)CN)S(N)(=O)=O)cc1. The lowest BCUT2D eigenvalue weighted by atomic mass is 9.73. The van der Waals surface area contributed by atoms with Crippen LogP contribution in [-0.2, 0) is 21.2 Å². The van der Waals surface area contributed by atoms with Crippen molar-refractivity contribution in [3.63, 3.8) is 0 Å². The predicted molar refractivity (Wildman–Crippen MR) is 130 cm³/mol. The minimum atomic E-state index is -4.56. The van der Waals surface area contributed by atoms with Crippen LogP contribution in [0.25, 0.3) is 0 Å². The molecule has 6 N–H and O–H groups in total. The normalized spacial score (nSPS) is 15.2. The van der Waals surface area contributed by atoms with E-state index in [1.165, 1.54) is 19.2 Å². The highest BCUT2D eigenvalue weighted by atomic mass is 32.2. The van der Waals surface area contributed by atoms with Crippen molar-refractivity contribution in [2.24, 2.45) is 10.9 Å². The molecule has 3 aromatic carbocycles. The van der Waals surface area contributed by atoms with E-state index >= 15 is 0 Å². The number of para-hydroxylation sites is 1. The molecule has 3 unspecified atom stereocenters. The quantitative estimate of drug-likeness (QED) is 0.344. The van der Waals surface area contributed by atoms with Crippen LogP contribution in [0.1, 0.15) is 22.6 Å². The van der Waals surface area contributed by atoms with E-state index in [4.69, 9.17) is 20.3 Å². The number of ether oxygens (including phenoxy) is 2. The monoisotopic (exact) mass is 486 g/mol. The minimum Gasteiger partial charge on any atom is -0.508 e. The summed E-state index contributed by atoms with van der Waals surface area (Å²) < 4.78 is 35.2. The number of primary sulfonamides is 1. The van der Waals surface area contributed by atoms with Gasteiger partial charge in [-0.05, 0) is 47.9 Å². The van der Waals surface area contributed by atoms with Gasteiger partial charge in [-0.2, -0.15) is 0 Å². The Morgan fingerprint density at radius 1 is 0.912 bits per heavy atom. The Hall–Kier alpha value is -3.11. The van der Waals surface area contributed by atoms with Gasteiger partial charge in [-0.3, -0.25) is 0 Å². The van der Waals surface area contributed by atoms with Gasteiger partial charge < -0.3 is 25.4 Å². The summed E-state index contributed by atoms with van der Waals surface area (Å²) in [6.45, 7) is -0.403. The number of aliphatic hydroxyl groups is 1. The molecule has 0 heterocycles. The van der Waals surface area contributed by atoms with Crippen LogP contribution in [0.3, 0.4) is 0 Å². The van der Waals surface area contributed by atoms with E-state index in [0.717, 1.165) is 5.56 Å². The molecule has 0 bridgehead atoms. The number of phenols is 1. The van der Waals surface area contributed by atoms with Gasteiger partial charge in [0.15, 0.2) is 0 Å². The third-order valence-electron chi connectivity index (χ3n) is 6.15. The van der Waals surface area contributed by atoms with Crippen LogP contribution < -0.4 is 20.3 Å². The summed E-state index contributed by atoms with van der Waals surface area (Å²) in [5.74, 6) is -0.00819. The average molecular weight is 487 g/mol. The fraction of sp³-hybridized carbons (Fsp3) is 0.280. The van der Waals surface area contributed by atoms with Crippen molar-refractivity contribution in [1.29, 1.82) is 0 Å². The second-order valence-corrected chi connectivity index (χ2v) is 9.75. The maximum Gasteiger partial charge on any atom is 0.222 e. The van der Waals surface area contributed by atoms with Crippen molar-refractivity contribution >= 4 is 10.0 Å². The van der Waals surface area contributed by atoms with Gasteiger partial charge in [0, 0.05) is 18.0 Å². The van der Waals surface area contributed by atoms with Gasteiger partial charge in [0.05, 0.1) is 20.3 Å². The van der Waals surface area contributed by atoms with E-state index < -0.39 is 33.3 Å². The Kier molecular flexibility index (Phi) is 7.83. The van der Waals surface area contributed by atoms with Crippen molar-refractivity contribution in [2.75, 3.05) is 20.8 Å². The Balaban J connectivity index is 2.34. The lowest BCUT2D eigenvalue weighted by Gasteiger charge is -2.43. The zero-order valence-electron chi connectivity index (χ0n) is 19.1. The number of phenolic OH excluding ortho intramolecular Hbond substituents is 1. The van der Waals surface area contributed by atoms with Crippen LogP contribution in [-0.4, -0.2) is 45.5 Å². The van der Waals surface area contributed by atoms with E-state index in [9.17, 15) is 18.6 Å². The standard InChI is InChI=1S/C25H30N2O6S/c1-32-19-11-7-17(8-12-19)15-22(18-9-13-20(33-2)14-10-18)25(24(29)16-26,34(27,30)31)21-5-3-4-6-23(21)28/h3-14,22,24,28-29H,15-16,26H2,1-2H3,(H2,27,30,31). The molecule has 9 heteroatoms. The molecular weight excluding hydrogens is 456 g/mol. The summed E-state index contributed by atoms with van der Waals surface area (Å²) in [5.41, 5.74) is 7.17. The first-order valence-electron chi connectivity index (χ1n) is 10.6. The maximum absolute atomic E-state index is 13.4. The summed E-state index contributed by atoms with van der Waals surface area (Å²) in [7, 11) is -1.48. The van der Waals surface area contributed by atoms with Gasteiger partial charge in [0.25, 0.3) is 0 Å². The predicted octanol–water partition coefficient (Wildman–Crippen LogP) is 2.24. The molecule has 0 aliphatic carbocycles. The molecule has 0 amide bonds. The van der Waals surface area contributed by atoms with Gasteiger partial charge >= 0.3 is 0 Å². The number of sulfonamides is 1. The molecule has 0 aliphatic rings. The molecule has 3 atom stereocenters. The number of benzene rings is 3. The Morgan fingerprint density at radius 3 is 1.91 bits per heavy atom. The van der Waals surface area contributed by atoms with Crippen molar-refractivity contribution in [2.45, 2.75) is 23.2 Å². The summed E-state index contributed by atoms with van der Waals surface area (Å²) in [4.78, 5) is 0. The molecule has 0 saturated heterocycles. The summed E-state index contributed by atoms with van der Waals surface area (Å²) in [6, 6.07) is 19.9. The van der Waals surface area contributed by atoms with Crippen LogP contribution in [0.4, 0.5) is 0 Å². The zero-order chi connectivity index (χ0) is 24.9. The fourth-order valence-corrected chi connectivity index (χ4v) is 6.04. The molecule has 0 radical (unpaired) electrons. The largest absolute Gasteiger partial charge is 0.508 e. The van der Waals surface area contributed by atoms with Gasteiger partial charge in [-0.25, -0.2) is 13.6 Å². The molecule has 182 valence electrons. The maximum atomic E-state index is 13.4. The lowest BCUT2D eigenvalue weighted by molar-refractivity contribution is 0.112. The molecule has 0 saturated carbocycles. The number of nitrogens with two attached hydrogens (primary N) is 2. The smallest absolute Gasteiger partial charge is 0.222 e. The van der Waals surface area contributed by atoms with Crippen LogP contribution in [0.2, 0.25) is 0 Å². The first-order valence-corrected chi connectivity index (χ1v) is 12.2. The molecule has 0 fully saturated rings. The molecule has 3 aromatic rings. The Morgan fingerprint density at radius 2 is 1.44 bits per heavy atom. The summed E-state index contributed by atoms with van der Waals surface area (Å²) >= 11 is 0. The van der Waals surface area contributed by atoms with Crippen molar-refractivity contribution in [1.82, 2.24) is 0 Å². The average Bonchev–Trinajstić information content (AvgIpc) is 2.84. The van der Waals surface area contributed by atoms with Crippen LogP contribution >= 0.6 is 0 Å². The van der Waals surface area contributed by atoms with Crippen LogP contribution in [0.5, 0.6) is 17.2 Å². The van der Waals surface area contributed by atoms with E-state index in [2.05, 4.69) is 0 Å². The minimum absolute atomic E-state index is 0.0234. The zero-order valence-corrected chi connectivity index (χ0v) is 19.9. The number of rotatable bonds is 10. The second-order valence-electron chi connectivity index (χ2n) is 7.98. The second kappa shape index (κ2) is 10.4. The number of methoxy groups -OCH3 is 2. The highest BCUT2D eigenvalue weighted by Gasteiger charge is 2.56. The van der Waals surface area contributed by atoms with Gasteiger partial charge in [-0.15, -0.1) is 0 Å². The molecule has 34 heavy (non-hydrogen) atoms.